The summed E-state index contributed by atoms with van der Waals surface area (Å²) in [5, 5.41) is 17.2. The van der Waals surface area contributed by atoms with E-state index in [0.29, 0.717) is 5.69 Å². The molecule has 2 aromatic rings. The third-order valence-electron chi connectivity index (χ3n) is 3.48. The highest BCUT2D eigenvalue weighted by molar-refractivity contribution is 7.89. The lowest BCUT2D eigenvalue weighted by molar-refractivity contribution is -0.123. The molecule has 0 heterocycles. The number of rotatable bonds is 5. The Labute approximate surface area is 150 Å². The van der Waals surface area contributed by atoms with Crippen LogP contribution >= 0.6 is 0 Å². The van der Waals surface area contributed by atoms with E-state index in [4.69, 9.17) is 9.88 Å². The number of primary sulfonamides is 1. The van der Waals surface area contributed by atoms with E-state index in [2.05, 4.69) is 5.32 Å². The number of nitrogens with one attached hydrogen (secondary N) is 1. The zero-order valence-electron chi connectivity index (χ0n) is 14.1. The molecule has 8 nitrogen and oxygen atoms in total. The summed E-state index contributed by atoms with van der Waals surface area (Å²) in [5.74, 6) is -1.70. The van der Waals surface area contributed by atoms with Crippen LogP contribution in [0.5, 0.6) is 5.75 Å². The Morgan fingerprint density at radius 1 is 1.15 bits per heavy atom. The van der Waals surface area contributed by atoms with Crippen molar-refractivity contribution in [1.82, 2.24) is 0 Å². The van der Waals surface area contributed by atoms with E-state index in [1.165, 1.54) is 43.3 Å². The fraction of sp³-hybridized carbons (Fsp3) is 0.176. The van der Waals surface area contributed by atoms with E-state index in [-0.39, 0.29) is 16.2 Å². The van der Waals surface area contributed by atoms with E-state index < -0.39 is 28.0 Å². The predicted molar refractivity (Wildman–Crippen MR) is 94.2 cm³/mol. The van der Waals surface area contributed by atoms with Crippen molar-refractivity contribution in [3.05, 3.63) is 53.6 Å². The highest BCUT2D eigenvalue weighted by atomic mass is 32.2. The first kappa shape index (κ1) is 19.4. The highest BCUT2D eigenvalue weighted by Gasteiger charge is 2.21. The van der Waals surface area contributed by atoms with Gasteiger partial charge in [-0.3, -0.25) is 4.79 Å². The van der Waals surface area contributed by atoms with Gasteiger partial charge in [-0.15, -0.1) is 0 Å². The SMILES string of the molecule is Cc1ccc(O)c(C(=O)O[C@@H](C)C(=O)Nc2ccc(S(N)(=O)=O)cc2)c1. The quantitative estimate of drug-likeness (QED) is 0.675. The summed E-state index contributed by atoms with van der Waals surface area (Å²) < 4.78 is 27.4. The van der Waals surface area contributed by atoms with E-state index in [1.54, 1.807) is 13.0 Å². The lowest BCUT2D eigenvalue weighted by Crippen LogP contribution is -2.30. The number of carbonyl (C=O) groups is 2. The molecule has 0 aromatic heterocycles. The number of nitrogens with two attached hydrogens (primary N) is 1. The lowest BCUT2D eigenvalue weighted by atomic mass is 10.1. The molecule has 0 unspecified atom stereocenters. The number of aryl methyl sites for hydroxylation is 1. The average Bonchev–Trinajstić information content (AvgIpc) is 2.56. The summed E-state index contributed by atoms with van der Waals surface area (Å²) >= 11 is 0. The summed E-state index contributed by atoms with van der Waals surface area (Å²) in [6.45, 7) is 3.12. The normalized spacial score (nSPS) is 12.3. The molecule has 0 saturated carbocycles. The van der Waals surface area contributed by atoms with Gasteiger partial charge in [0.25, 0.3) is 5.91 Å². The molecule has 0 spiro atoms. The number of aromatic hydroxyl groups is 1. The standard InChI is InChI=1S/C17H18N2O6S/c1-10-3-8-15(20)14(9-10)17(22)25-11(2)16(21)19-12-4-6-13(7-5-12)26(18,23)24/h3-9,11,20H,1-2H3,(H,19,21)(H2,18,23,24)/t11-/m0/s1. The number of phenolic OH excluding ortho intramolecular Hbond substituents is 1. The van der Waals surface area contributed by atoms with Gasteiger partial charge in [-0.1, -0.05) is 11.6 Å². The number of benzene rings is 2. The molecule has 1 atom stereocenters. The molecule has 0 aliphatic rings. The molecule has 138 valence electrons. The number of ether oxygens (including phenoxy) is 1. The number of phenols is 1. The Bertz CT molecular complexity index is 938. The van der Waals surface area contributed by atoms with Crippen LogP contribution in [-0.4, -0.2) is 31.5 Å². The zero-order chi connectivity index (χ0) is 19.5. The molecule has 2 rings (SSSR count). The van der Waals surface area contributed by atoms with Crippen molar-refractivity contribution < 1.29 is 27.9 Å². The summed E-state index contributed by atoms with van der Waals surface area (Å²) in [5.41, 5.74) is 1.02. The van der Waals surface area contributed by atoms with Crippen LogP contribution in [0.1, 0.15) is 22.8 Å². The molecule has 2 aromatic carbocycles. The van der Waals surface area contributed by atoms with Gasteiger partial charge in [-0.2, -0.15) is 0 Å². The number of esters is 1. The van der Waals surface area contributed by atoms with Crippen LogP contribution < -0.4 is 10.5 Å². The number of amides is 1. The molecule has 9 heteroatoms. The highest BCUT2D eigenvalue weighted by Crippen LogP contribution is 2.20. The zero-order valence-corrected chi connectivity index (χ0v) is 14.9. The summed E-state index contributed by atoms with van der Waals surface area (Å²) in [6.07, 6.45) is -1.14. The molecule has 0 aliphatic carbocycles. The number of carbonyl (C=O) groups excluding carboxylic acids is 2. The number of anilines is 1. The van der Waals surface area contributed by atoms with Gasteiger partial charge in [0, 0.05) is 5.69 Å². The minimum Gasteiger partial charge on any atom is -0.507 e. The van der Waals surface area contributed by atoms with Gasteiger partial charge in [-0.25, -0.2) is 18.4 Å². The summed E-state index contributed by atoms with van der Waals surface area (Å²) in [4.78, 5) is 24.1. The largest absolute Gasteiger partial charge is 0.507 e. The van der Waals surface area contributed by atoms with Gasteiger partial charge >= 0.3 is 5.97 Å². The Kier molecular flexibility index (Phi) is 5.63. The van der Waals surface area contributed by atoms with Crippen molar-refractivity contribution >= 4 is 27.6 Å². The Morgan fingerprint density at radius 3 is 2.35 bits per heavy atom. The first-order valence-electron chi connectivity index (χ1n) is 7.52. The van der Waals surface area contributed by atoms with Gasteiger partial charge in [0.2, 0.25) is 10.0 Å². The van der Waals surface area contributed by atoms with Gasteiger partial charge in [-0.05, 0) is 50.2 Å². The van der Waals surface area contributed by atoms with Gasteiger partial charge in [0.15, 0.2) is 6.10 Å². The maximum absolute atomic E-state index is 12.1. The third-order valence-corrected chi connectivity index (χ3v) is 4.40. The molecule has 0 aliphatic heterocycles. The maximum Gasteiger partial charge on any atom is 0.342 e. The molecular weight excluding hydrogens is 360 g/mol. The van der Waals surface area contributed by atoms with E-state index in [0.717, 1.165) is 5.56 Å². The van der Waals surface area contributed by atoms with Crippen molar-refractivity contribution in [1.29, 1.82) is 0 Å². The van der Waals surface area contributed by atoms with Crippen LogP contribution in [0.4, 0.5) is 5.69 Å². The number of hydrogen-bond donors (Lipinski definition) is 3. The third kappa shape index (κ3) is 4.80. The van der Waals surface area contributed by atoms with Crippen LogP contribution in [0.25, 0.3) is 0 Å². The monoisotopic (exact) mass is 378 g/mol. The number of hydrogen-bond acceptors (Lipinski definition) is 6. The van der Waals surface area contributed by atoms with Crippen LogP contribution in [0.2, 0.25) is 0 Å². The van der Waals surface area contributed by atoms with Crippen molar-refractivity contribution in [2.75, 3.05) is 5.32 Å². The maximum atomic E-state index is 12.1. The summed E-state index contributed by atoms with van der Waals surface area (Å²) in [6, 6.07) is 9.65. The second-order valence-corrected chi connectivity index (χ2v) is 7.19. The van der Waals surface area contributed by atoms with Crippen LogP contribution in [0, 0.1) is 6.92 Å². The van der Waals surface area contributed by atoms with Gasteiger partial charge in [0.05, 0.1) is 4.90 Å². The fourth-order valence-electron chi connectivity index (χ4n) is 2.06. The second-order valence-electron chi connectivity index (χ2n) is 5.63. The van der Waals surface area contributed by atoms with E-state index >= 15 is 0 Å². The van der Waals surface area contributed by atoms with Crippen molar-refractivity contribution in [3.8, 4) is 5.75 Å². The molecule has 0 bridgehead atoms. The predicted octanol–water partition coefficient (Wildman–Crippen LogP) is 1.53. The molecule has 0 saturated heterocycles. The minimum absolute atomic E-state index is 0.0397. The molecular formula is C17H18N2O6S. The fourth-order valence-corrected chi connectivity index (χ4v) is 2.58. The Balaban J connectivity index is 2.03. The Hall–Kier alpha value is -2.91. The van der Waals surface area contributed by atoms with E-state index in [1.807, 2.05) is 0 Å². The van der Waals surface area contributed by atoms with Crippen LogP contribution in [0.3, 0.4) is 0 Å². The lowest BCUT2D eigenvalue weighted by Gasteiger charge is -2.14. The van der Waals surface area contributed by atoms with E-state index in [9.17, 15) is 23.1 Å². The summed E-state index contributed by atoms with van der Waals surface area (Å²) in [7, 11) is -3.82. The topological polar surface area (TPSA) is 136 Å². The molecule has 1 amide bonds. The van der Waals surface area contributed by atoms with Crippen molar-refractivity contribution in [3.63, 3.8) is 0 Å². The van der Waals surface area contributed by atoms with Crippen LogP contribution in [0.15, 0.2) is 47.4 Å². The smallest absolute Gasteiger partial charge is 0.342 e. The molecule has 0 fully saturated rings. The molecule has 26 heavy (non-hydrogen) atoms. The Morgan fingerprint density at radius 2 is 1.77 bits per heavy atom. The first-order chi connectivity index (χ1) is 12.1. The average molecular weight is 378 g/mol. The molecule has 4 N–H and O–H groups in total. The second kappa shape index (κ2) is 7.54. The van der Waals surface area contributed by atoms with Crippen molar-refractivity contribution in [2.24, 2.45) is 5.14 Å². The number of sulfonamides is 1. The van der Waals surface area contributed by atoms with Crippen molar-refractivity contribution in [2.45, 2.75) is 24.8 Å². The van der Waals surface area contributed by atoms with Gasteiger partial charge in [0.1, 0.15) is 11.3 Å². The molecule has 0 radical (unpaired) electrons. The first-order valence-corrected chi connectivity index (χ1v) is 9.07. The minimum atomic E-state index is -3.82. The van der Waals surface area contributed by atoms with Gasteiger partial charge < -0.3 is 15.2 Å². The van der Waals surface area contributed by atoms with Crippen LogP contribution in [-0.2, 0) is 19.6 Å².